The number of ether oxygens (including phenoxy) is 2. The highest BCUT2D eigenvalue weighted by Crippen LogP contribution is 2.56. The number of fused-ring (bicyclic) bond motifs is 12. The third-order valence-corrected chi connectivity index (χ3v) is 13.1. The molecule has 0 saturated carbocycles. The maximum Gasteiger partial charge on any atom is 0.136 e. The van der Waals surface area contributed by atoms with Gasteiger partial charge < -0.3 is 23.3 Å². The molecule has 3 aromatic heterocycles. The molecule has 0 saturated heterocycles. The summed E-state index contributed by atoms with van der Waals surface area (Å²) in [6, 6.07) is 60.0. The normalized spacial score (nSPS) is 12.3. The second-order valence-corrected chi connectivity index (χ2v) is 16.2. The summed E-state index contributed by atoms with van der Waals surface area (Å²) in [6.07, 6.45) is 0.741. The topological polar surface area (TPSA) is 60.5 Å². The van der Waals surface area contributed by atoms with Gasteiger partial charge in [0.05, 0.1) is 25.3 Å². The monoisotopic (exact) mass is 799 g/mol. The molecule has 1 N–H and O–H groups in total. The first-order chi connectivity index (χ1) is 30.7. The standard InChI is InChI=1S/C57H37NO4/c1-59-48-28-42-35-19-9-11-25-46(35)61-50(42)30-41(48)34-21-13-22-37-40(34)27-45-52(32-15-5-3-6-16-32)55-39-24-14-23-38(56(39)58-57(55)53(54(37)45)33-17-7-4-8-18-33)44-31-51-43(29-49(44)60-2)36-20-10-12-26-47(36)62-51/h3-26,28-31,58H,27H2,1-2H3. The van der Waals surface area contributed by atoms with Crippen molar-refractivity contribution in [3.05, 3.63) is 181 Å². The lowest BCUT2D eigenvalue weighted by Gasteiger charge is -2.18. The number of furan rings is 2. The summed E-state index contributed by atoms with van der Waals surface area (Å²) in [6.45, 7) is 0. The summed E-state index contributed by atoms with van der Waals surface area (Å²) in [5, 5.41) is 6.58. The Balaban J connectivity index is 1.12. The van der Waals surface area contributed by atoms with Crippen LogP contribution in [-0.4, -0.2) is 19.2 Å². The van der Waals surface area contributed by atoms with Crippen molar-refractivity contribution in [2.24, 2.45) is 0 Å². The molecule has 3 heterocycles. The molecule has 0 atom stereocenters. The number of hydrogen-bond acceptors (Lipinski definition) is 4. The largest absolute Gasteiger partial charge is 0.496 e. The maximum atomic E-state index is 6.45. The first-order valence-electron chi connectivity index (χ1n) is 21.0. The van der Waals surface area contributed by atoms with Crippen molar-refractivity contribution in [3.63, 3.8) is 0 Å². The number of aromatic amines is 1. The highest BCUT2D eigenvalue weighted by atomic mass is 16.5. The number of aromatic nitrogens is 1. The molecule has 9 aromatic carbocycles. The molecule has 0 spiro atoms. The second kappa shape index (κ2) is 13.2. The van der Waals surface area contributed by atoms with E-state index in [4.69, 9.17) is 18.3 Å². The molecule has 294 valence electrons. The van der Waals surface area contributed by atoms with Gasteiger partial charge in [-0.2, -0.15) is 0 Å². The minimum Gasteiger partial charge on any atom is -0.496 e. The van der Waals surface area contributed by atoms with E-state index in [-0.39, 0.29) is 0 Å². The Morgan fingerprint density at radius 2 is 0.903 bits per heavy atom. The number of hydrogen-bond donors (Lipinski definition) is 1. The number of para-hydroxylation sites is 3. The van der Waals surface area contributed by atoms with Crippen molar-refractivity contribution in [2.75, 3.05) is 14.2 Å². The molecule has 0 fully saturated rings. The lowest BCUT2D eigenvalue weighted by atomic mass is 9.85. The lowest BCUT2D eigenvalue weighted by molar-refractivity contribution is 0.417. The molecule has 0 amide bonds. The number of H-pyrrole nitrogens is 1. The van der Waals surface area contributed by atoms with Gasteiger partial charge in [-0.05, 0) is 87.3 Å². The van der Waals surface area contributed by atoms with Gasteiger partial charge >= 0.3 is 0 Å². The van der Waals surface area contributed by atoms with E-state index in [2.05, 4.69) is 145 Å². The Hall–Kier alpha value is -8.02. The molecular formula is C57H37NO4. The summed E-state index contributed by atoms with van der Waals surface area (Å²) in [5.74, 6) is 1.61. The average Bonchev–Trinajstić information content (AvgIpc) is 4.10. The number of methoxy groups -OCH3 is 2. The first-order valence-corrected chi connectivity index (χ1v) is 21.0. The van der Waals surface area contributed by atoms with E-state index >= 15 is 0 Å². The first kappa shape index (κ1) is 34.8. The summed E-state index contributed by atoms with van der Waals surface area (Å²) < 4.78 is 25.2. The van der Waals surface area contributed by atoms with Gasteiger partial charge in [-0.3, -0.25) is 0 Å². The van der Waals surface area contributed by atoms with Crippen molar-refractivity contribution in [3.8, 4) is 67.1 Å². The number of rotatable bonds is 6. The van der Waals surface area contributed by atoms with Crippen LogP contribution in [0.15, 0.2) is 179 Å². The summed E-state index contributed by atoms with van der Waals surface area (Å²) in [7, 11) is 3.51. The van der Waals surface area contributed by atoms with Gasteiger partial charge in [-0.15, -0.1) is 0 Å². The minimum atomic E-state index is 0.741. The van der Waals surface area contributed by atoms with Crippen LogP contribution in [0.4, 0.5) is 0 Å². The van der Waals surface area contributed by atoms with Crippen molar-refractivity contribution in [1.29, 1.82) is 0 Å². The van der Waals surface area contributed by atoms with Crippen LogP contribution in [0.1, 0.15) is 11.1 Å². The molecule has 5 heteroatoms. The van der Waals surface area contributed by atoms with Gasteiger partial charge in [-0.1, -0.05) is 133 Å². The second-order valence-electron chi connectivity index (χ2n) is 16.2. The minimum absolute atomic E-state index is 0.741. The fraction of sp³-hybridized carbons (Fsp3) is 0.0526. The molecular weight excluding hydrogens is 763 g/mol. The van der Waals surface area contributed by atoms with Crippen LogP contribution in [0.3, 0.4) is 0 Å². The van der Waals surface area contributed by atoms with Gasteiger partial charge in [0.25, 0.3) is 0 Å². The van der Waals surface area contributed by atoms with Gasteiger partial charge in [0.1, 0.15) is 33.8 Å². The highest BCUT2D eigenvalue weighted by molar-refractivity contribution is 6.25. The maximum absolute atomic E-state index is 6.45. The van der Waals surface area contributed by atoms with Crippen molar-refractivity contribution in [1.82, 2.24) is 4.98 Å². The van der Waals surface area contributed by atoms with E-state index in [0.717, 1.165) is 106 Å². The Bertz CT molecular complexity index is 3800. The predicted octanol–water partition coefficient (Wildman–Crippen LogP) is 15.4. The number of benzene rings is 9. The zero-order valence-corrected chi connectivity index (χ0v) is 34.0. The zero-order chi connectivity index (χ0) is 41.1. The Labute approximate surface area is 356 Å². The predicted molar refractivity (Wildman–Crippen MR) is 253 cm³/mol. The fourth-order valence-corrected chi connectivity index (χ4v) is 10.4. The third-order valence-electron chi connectivity index (χ3n) is 13.1. The van der Waals surface area contributed by atoms with Gasteiger partial charge in [-0.25, -0.2) is 0 Å². The quantitative estimate of drug-likeness (QED) is 0.182. The van der Waals surface area contributed by atoms with Gasteiger partial charge in [0.15, 0.2) is 0 Å². The molecule has 1 aliphatic carbocycles. The van der Waals surface area contributed by atoms with Crippen LogP contribution in [0, 0.1) is 0 Å². The van der Waals surface area contributed by atoms with E-state index in [0.29, 0.717) is 0 Å². The summed E-state index contributed by atoms with van der Waals surface area (Å²) in [4.78, 5) is 4.09. The summed E-state index contributed by atoms with van der Waals surface area (Å²) in [5.41, 5.74) is 19.5. The van der Waals surface area contributed by atoms with Crippen LogP contribution < -0.4 is 9.47 Å². The average molecular weight is 800 g/mol. The Kier molecular flexibility index (Phi) is 7.43. The molecule has 0 radical (unpaired) electrons. The van der Waals surface area contributed by atoms with Gasteiger partial charge in [0, 0.05) is 54.6 Å². The van der Waals surface area contributed by atoms with E-state index < -0.39 is 0 Å². The smallest absolute Gasteiger partial charge is 0.136 e. The van der Waals surface area contributed by atoms with Gasteiger partial charge in [0.2, 0.25) is 0 Å². The van der Waals surface area contributed by atoms with Crippen molar-refractivity contribution < 1.29 is 18.3 Å². The van der Waals surface area contributed by atoms with E-state index in [1.54, 1.807) is 14.2 Å². The van der Waals surface area contributed by atoms with E-state index in [1.807, 2.05) is 30.3 Å². The highest BCUT2D eigenvalue weighted by Gasteiger charge is 2.33. The lowest BCUT2D eigenvalue weighted by Crippen LogP contribution is -1.94. The Morgan fingerprint density at radius 1 is 0.387 bits per heavy atom. The van der Waals surface area contributed by atoms with E-state index in [9.17, 15) is 0 Å². The van der Waals surface area contributed by atoms with Crippen LogP contribution in [0.25, 0.3) is 121 Å². The number of nitrogens with one attached hydrogen (secondary N) is 1. The molecule has 5 nitrogen and oxygen atoms in total. The van der Waals surface area contributed by atoms with Crippen LogP contribution in [0.2, 0.25) is 0 Å². The molecule has 13 rings (SSSR count). The fourth-order valence-electron chi connectivity index (χ4n) is 10.4. The molecule has 0 aliphatic heterocycles. The molecule has 0 bridgehead atoms. The van der Waals surface area contributed by atoms with Crippen molar-refractivity contribution >= 4 is 65.7 Å². The van der Waals surface area contributed by atoms with E-state index in [1.165, 1.54) is 44.3 Å². The zero-order valence-electron chi connectivity index (χ0n) is 34.0. The SMILES string of the molecule is COc1cc2c(cc1-c1cccc3c1Cc1c-3c(-c3ccccc3)c3[nH]c4c(-c5cc6oc7ccccc7c6cc5OC)cccc4c3c1-c1ccccc1)oc1ccccc12. The van der Waals surface area contributed by atoms with Crippen molar-refractivity contribution in [2.45, 2.75) is 6.42 Å². The molecule has 1 aliphatic rings. The van der Waals surface area contributed by atoms with Crippen LogP contribution >= 0.6 is 0 Å². The third kappa shape index (κ3) is 4.90. The Morgan fingerprint density at radius 3 is 1.53 bits per heavy atom. The summed E-state index contributed by atoms with van der Waals surface area (Å²) >= 11 is 0. The molecule has 0 unspecified atom stereocenters. The van der Waals surface area contributed by atoms with Crippen LogP contribution in [-0.2, 0) is 6.42 Å². The molecule has 12 aromatic rings. The molecule has 62 heavy (non-hydrogen) atoms. The van der Waals surface area contributed by atoms with Crippen LogP contribution in [0.5, 0.6) is 11.5 Å².